The maximum atomic E-state index is 10.4. The van der Waals surface area contributed by atoms with Crippen molar-refractivity contribution in [3.05, 3.63) is 0 Å². The third-order valence-corrected chi connectivity index (χ3v) is 9.40. The zero-order valence-electron chi connectivity index (χ0n) is 36.4. The summed E-state index contributed by atoms with van der Waals surface area (Å²) in [4.78, 5) is 20.6. The van der Waals surface area contributed by atoms with Crippen LogP contribution in [0.3, 0.4) is 0 Å². The lowest BCUT2D eigenvalue weighted by molar-refractivity contribution is -0.140. The molecule has 0 amide bonds. The first-order valence-corrected chi connectivity index (χ1v) is 21.9. The quantitative estimate of drug-likeness (QED) is 0.0464. The Morgan fingerprint density at radius 2 is 0.736 bits per heavy atom. The predicted molar refractivity (Wildman–Crippen MR) is 223 cm³/mol. The second kappa shape index (κ2) is 50.7. The van der Waals surface area contributed by atoms with Gasteiger partial charge < -0.3 is 34.6 Å². The van der Waals surface area contributed by atoms with Crippen LogP contribution in [0.25, 0.3) is 0 Å². The second-order valence-electron chi connectivity index (χ2n) is 14.5. The Bertz CT molecular complexity index is 668. The average Bonchev–Trinajstić information content (AvgIpc) is 3.13. The number of methoxy groups -OCH3 is 3. The highest BCUT2D eigenvalue weighted by Crippen LogP contribution is 2.14. The zero-order chi connectivity index (χ0) is 40.8. The fourth-order valence-electron chi connectivity index (χ4n) is 5.94. The highest BCUT2D eigenvalue weighted by Gasteiger charge is 2.11. The molecule has 9 heteroatoms. The van der Waals surface area contributed by atoms with E-state index in [0.717, 1.165) is 38.5 Å². The fraction of sp³-hybridized carbons (Fsp3) is 0.955. The Kier molecular flexibility index (Phi) is 56.0. The Morgan fingerprint density at radius 3 is 1.04 bits per heavy atom. The molecular formula is C44H92O9. The molecule has 0 aromatic rings. The number of carboxylic acids is 2. The molecule has 0 unspecified atom stereocenters. The van der Waals surface area contributed by atoms with Crippen LogP contribution in [-0.2, 0) is 23.8 Å². The van der Waals surface area contributed by atoms with Gasteiger partial charge in [0.15, 0.2) is 0 Å². The molecule has 0 aromatic carbocycles. The Balaban J connectivity index is -0.000000302. The van der Waals surface area contributed by atoms with E-state index in [4.69, 9.17) is 29.5 Å². The van der Waals surface area contributed by atoms with Gasteiger partial charge in [-0.3, -0.25) is 9.59 Å². The lowest BCUT2D eigenvalue weighted by Gasteiger charge is -2.13. The number of aliphatic hydroxyl groups is 2. The van der Waals surface area contributed by atoms with E-state index in [1.807, 2.05) is 7.11 Å². The van der Waals surface area contributed by atoms with Crippen molar-refractivity contribution in [1.29, 1.82) is 0 Å². The summed E-state index contributed by atoms with van der Waals surface area (Å²) in [7, 11) is 5.15. The molecule has 322 valence electrons. The molecule has 0 heterocycles. The average molecular weight is 765 g/mol. The molecule has 0 aliphatic heterocycles. The minimum Gasteiger partial charge on any atom is -0.481 e. The molecule has 0 bridgehead atoms. The van der Waals surface area contributed by atoms with Crippen molar-refractivity contribution in [1.82, 2.24) is 0 Å². The lowest BCUT2D eigenvalue weighted by atomic mass is 10.1. The molecule has 0 spiro atoms. The molecule has 0 aromatic heterocycles. The van der Waals surface area contributed by atoms with Gasteiger partial charge in [-0.1, -0.05) is 169 Å². The van der Waals surface area contributed by atoms with Gasteiger partial charge in [0, 0.05) is 27.9 Å². The van der Waals surface area contributed by atoms with Gasteiger partial charge in [-0.15, -0.1) is 0 Å². The van der Waals surface area contributed by atoms with Crippen LogP contribution < -0.4 is 0 Å². The lowest BCUT2D eigenvalue weighted by Crippen LogP contribution is -2.15. The Hall–Kier alpha value is -1.26. The smallest absolute Gasteiger partial charge is 0.305 e. The van der Waals surface area contributed by atoms with E-state index in [9.17, 15) is 14.7 Å². The third kappa shape index (κ3) is 55.2. The maximum Gasteiger partial charge on any atom is 0.305 e. The van der Waals surface area contributed by atoms with Gasteiger partial charge in [-0.05, 0) is 38.5 Å². The van der Waals surface area contributed by atoms with Crippen LogP contribution in [0, 0.1) is 0 Å². The van der Waals surface area contributed by atoms with Crippen molar-refractivity contribution in [2.75, 3.05) is 27.9 Å². The van der Waals surface area contributed by atoms with Gasteiger partial charge in [-0.2, -0.15) is 0 Å². The number of ether oxygens (including phenoxy) is 3. The number of carbonyl (C=O) groups is 2. The highest BCUT2D eigenvalue weighted by atomic mass is 16.5. The predicted octanol–water partition coefficient (Wildman–Crippen LogP) is 11.9. The van der Waals surface area contributed by atoms with Crippen molar-refractivity contribution < 1.29 is 44.2 Å². The van der Waals surface area contributed by atoms with Gasteiger partial charge in [0.25, 0.3) is 0 Å². The summed E-state index contributed by atoms with van der Waals surface area (Å²) >= 11 is 0. The zero-order valence-corrected chi connectivity index (χ0v) is 36.4. The summed E-state index contributed by atoms with van der Waals surface area (Å²) in [5.41, 5.74) is 0. The third-order valence-electron chi connectivity index (χ3n) is 9.40. The van der Waals surface area contributed by atoms with Crippen LogP contribution in [-0.4, -0.2) is 84.7 Å². The Morgan fingerprint density at radius 1 is 0.415 bits per heavy atom. The molecule has 0 saturated heterocycles. The molecular weight excluding hydrogens is 672 g/mol. The summed E-state index contributed by atoms with van der Waals surface area (Å²) < 4.78 is 15.7. The van der Waals surface area contributed by atoms with Crippen molar-refractivity contribution in [3.63, 3.8) is 0 Å². The van der Waals surface area contributed by atoms with Crippen LogP contribution in [0.2, 0.25) is 0 Å². The minimum absolute atomic E-state index is 0.103. The molecule has 0 aliphatic rings. The first kappa shape index (κ1) is 58.4. The summed E-state index contributed by atoms with van der Waals surface area (Å²) in [5, 5.41) is 34.9. The van der Waals surface area contributed by atoms with Crippen LogP contribution >= 0.6 is 0 Å². The van der Waals surface area contributed by atoms with Gasteiger partial charge in [0.1, 0.15) is 0 Å². The van der Waals surface area contributed by atoms with Crippen LogP contribution in [0.5, 0.6) is 0 Å². The van der Waals surface area contributed by atoms with Crippen LogP contribution in [0.15, 0.2) is 0 Å². The van der Waals surface area contributed by atoms with Crippen molar-refractivity contribution in [3.8, 4) is 0 Å². The van der Waals surface area contributed by atoms with E-state index in [2.05, 4.69) is 34.6 Å². The highest BCUT2D eigenvalue weighted by molar-refractivity contribution is 5.67. The minimum atomic E-state index is -0.916. The molecule has 0 saturated carbocycles. The summed E-state index contributed by atoms with van der Waals surface area (Å²) in [6, 6.07) is 0. The monoisotopic (exact) mass is 765 g/mol. The first-order chi connectivity index (χ1) is 25.6. The SMILES string of the molecule is CCCCCCC[C@@H](O)CC(=O)O.CCCCCCC[C@H](CC(=O)O)OC.CCCCCCC[C@H](CCC)OC.CCCCCCC[C@H](CCO)OC. The number of hydrogen-bond acceptors (Lipinski definition) is 7. The van der Waals surface area contributed by atoms with Crippen LogP contribution in [0.4, 0.5) is 0 Å². The van der Waals surface area contributed by atoms with E-state index in [1.165, 1.54) is 128 Å². The topological polar surface area (TPSA) is 143 Å². The molecule has 53 heavy (non-hydrogen) atoms. The first-order valence-electron chi connectivity index (χ1n) is 21.9. The van der Waals surface area contributed by atoms with Crippen molar-refractivity contribution >= 4 is 11.9 Å². The molecule has 4 N–H and O–H groups in total. The van der Waals surface area contributed by atoms with E-state index < -0.39 is 18.0 Å². The molecule has 0 aliphatic carbocycles. The molecule has 0 radical (unpaired) electrons. The largest absolute Gasteiger partial charge is 0.481 e. The number of unbranched alkanes of at least 4 members (excludes halogenated alkanes) is 16. The summed E-state index contributed by atoms with van der Waals surface area (Å²) in [6.45, 7) is 11.3. The normalized spacial score (nSPS) is 12.9. The number of rotatable bonds is 35. The molecule has 0 fully saturated rings. The van der Waals surface area contributed by atoms with Gasteiger partial charge in [0.2, 0.25) is 0 Å². The Labute approximate surface area is 328 Å². The van der Waals surface area contributed by atoms with Crippen molar-refractivity contribution in [2.45, 2.75) is 245 Å². The standard InChI is InChI=1S/C12H26O.C11H22O3.C11H24O2.C10H20O3/c1-4-6-7-8-9-11-12(13-3)10-5-2;1-3-4-5-6-7-8-10(14-2)9-11(12)13;1-3-4-5-6-7-8-11(13-2)9-10-12;1-2-3-4-5-6-7-9(11)8-10(12)13/h12H,4-11H2,1-3H3;10H,3-9H2,1-2H3,(H,12,13);11-12H,3-10H2,1-2H3;9,11H,2-8H2,1H3,(H,12,13)/t12-;10-;11-;9-/m0111/s1. The molecule has 4 atom stereocenters. The van der Waals surface area contributed by atoms with E-state index in [0.29, 0.717) is 12.5 Å². The van der Waals surface area contributed by atoms with Crippen molar-refractivity contribution in [2.24, 2.45) is 0 Å². The summed E-state index contributed by atoms with van der Waals surface area (Å²) in [5.74, 6) is -1.69. The van der Waals surface area contributed by atoms with Gasteiger partial charge in [0.05, 0.1) is 37.3 Å². The number of carboxylic acid groups (broad SMARTS) is 2. The molecule has 9 nitrogen and oxygen atoms in total. The molecule has 0 rings (SSSR count). The summed E-state index contributed by atoms with van der Waals surface area (Å²) in [6.07, 6.45) is 32.2. The number of aliphatic carboxylic acids is 2. The van der Waals surface area contributed by atoms with Crippen LogP contribution in [0.1, 0.15) is 221 Å². The van der Waals surface area contributed by atoms with Gasteiger partial charge in [-0.25, -0.2) is 0 Å². The van der Waals surface area contributed by atoms with Gasteiger partial charge >= 0.3 is 11.9 Å². The van der Waals surface area contributed by atoms with E-state index in [1.54, 1.807) is 14.2 Å². The second-order valence-corrected chi connectivity index (χ2v) is 14.5. The number of hydrogen-bond donors (Lipinski definition) is 4. The van der Waals surface area contributed by atoms with E-state index >= 15 is 0 Å². The fourth-order valence-corrected chi connectivity index (χ4v) is 5.94. The number of aliphatic hydroxyl groups excluding tert-OH is 2. The van der Waals surface area contributed by atoms with E-state index in [-0.39, 0.29) is 31.7 Å². The maximum absolute atomic E-state index is 10.4.